The third-order valence-electron chi connectivity index (χ3n) is 5.77. The summed E-state index contributed by atoms with van der Waals surface area (Å²) < 4.78 is 44.0. The predicted octanol–water partition coefficient (Wildman–Crippen LogP) is 3.91. The number of anilines is 1. The molecular formula is C27H38FN3O6S. The molecule has 0 aliphatic heterocycles. The average Bonchev–Trinajstić information content (AvgIpc) is 2.81. The van der Waals surface area contributed by atoms with E-state index >= 15 is 0 Å². The Labute approximate surface area is 224 Å². The maximum Gasteiger partial charge on any atom is 0.308 e. The third-order valence-corrected chi connectivity index (χ3v) is 6.92. The Morgan fingerprint density at radius 2 is 1.76 bits per heavy atom. The number of halogens is 1. The van der Waals surface area contributed by atoms with Crippen molar-refractivity contribution in [1.29, 1.82) is 0 Å². The van der Waals surface area contributed by atoms with Gasteiger partial charge in [-0.1, -0.05) is 39.8 Å². The van der Waals surface area contributed by atoms with Crippen molar-refractivity contribution >= 4 is 28.0 Å². The lowest BCUT2D eigenvalue weighted by Gasteiger charge is -2.20. The highest BCUT2D eigenvalue weighted by atomic mass is 32.2. The third kappa shape index (κ3) is 9.45. The molecule has 2 aromatic rings. The molecule has 0 saturated heterocycles. The fourth-order valence-corrected chi connectivity index (χ4v) is 3.88. The standard InChI is InChI=1S/C27H38FN3O6S/c1-17(2)13-14-37-24(34)16-22(33)15-21(32)11-12-23-25(18(3)4)29-27(31(5)38(6,35)36)30-26(23)19-7-9-20(28)10-8-19/h7-12,17-18,21-22,32-33H,13-16H2,1-6H3/t21-,22-/m1/s1. The molecule has 0 amide bonds. The number of hydrogen-bond donors (Lipinski definition) is 2. The Kier molecular flexibility index (Phi) is 11.4. The second kappa shape index (κ2) is 13.8. The van der Waals surface area contributed by atoms with Crippen molar-refractivity contribution in [3.63, 3.8) is 0 Å². The molecule has 1 aromatic heterocycles. The molecule has 0 fully saturated rings. The zero-order chi connectivity index (χ0) is 28.6. The lowest BCUT2D eigenvalue weighted by atomic mass is 9.97. The van der Waals surface area contributed by atoms with Gasteiger partial charge >= 0.3 is 5.97 Å². The van der Waals surface area contributed by atoms with E-state index in [-0.39, 0.29) is 31.3 Å². The Balaban J connectivity index is 2.36. The van der Waals surface area contributed by atoms with Crippen molar-refractivity contribution in [2.75, 3.05) is 24.2 Å². The molecule has 210 valence electrons. The molecule has 2 N–H and O–H groups in total. The second-order valence-corrected chi connectivity index (χ2v) is 12.0. The summed E-state index contributed by atoms with van der Waals surface area (Å²) in [6.07, 6.45) is 2.26. The van der Waals surface area contributed by atoms with Gasteiger partial charge in [-0.05, 0) is 42.5 Å². The quantitative estimate of drug-likeness (QED) is 0.359. The number of benzene rings is 1. The molecule has 2 atom stereocenters. The van der Waals surface area contributed by atoms with Crippen molar-refractivity contribution in [1.82, 2.24) is 9.97 Å². The Bertz CT molecular complexity index is 1220. The second-order valence-electron chi connectivity index (χ2n) is 9.99. The van der Waals surface area contributed by atoms with Crippen LogP contribution in [0.3, 0.4) is 0 Å². The Hall–Kier alpha value is -2.89. The van der Waals surface area contributed by atoms with Crippen LogP contribution in [0, 0.1) is 11.7 Å². The predicted molar refractivity (Wildman–Crippen MR) is 145 cm³/mol. The highest BCUT2D eigenvalue weighted by Gasteiger charge is 2.22. The van der Waals surface area contributed by atoms with Crippen molar-refractivity contribution in [2.45, 2.75) is 65.1 Å². The van der Waals surface area contributed by atoms with Gasteiger partial charge in [-0.3, -0.25) is 4.79 Å². The summed E-state index contributed by atoms with van der Waals surface area (Å²) in [5, 5.41) is 20.8. The molecule has 0 bridgehead atoms. The molecule has 1 aromatic carbocycles. The topological polar surface area (TPSA) is 130 Å². The number of esters is 1. The number of rotatable bonds is 13. The summed E-state index contributed by atoms with van der Waals surface area (Å²) in [6, 6.07) is 5.58. The highest BCUT2D eigenvalue weighted by molar-refractivity contribution is 7.92. The van der Waals surface area contributed by atoms with Gasteiger partial charge in [-0.25, -0.2) is 27.1 Å². The van der Waals surface area contributed by atoms with Crippen LogP contribution < -0.4 is 4.31 Å². The average molecular weight is 552 g/mol. The Morgan fingerprint density at radius 1 is 1.13 bits per heavy atom. The zero-order valence-corrected chi connectivity index (χ0v) is 23.6. The first-order valence-corrected chi connectivity index (χ1v) is 14.4. The van der Waals surface area contributed by atoms with Gasteiger partial charge in [0.05, 0.1) is 42.9 Å². The van der Waals surface area contributed by atoms with E-state index in [9.17, 15) is 27.8 Å². The first-order valence-electron chi connectivity index (χ1n) is 12.5. The Morgan fingerprint density at radius 3 is 2.32 bits per heavy atom. The van der Waals surface area contributed by atoms with E-state index < -0.39 is 34.0 Å². The fraction of sp³-hybridized carbons (Fsp3) is 0.519. The number of carbonyl (C=O) groups excluding carboxylic acids is 1. The van der Waals surface area contributed by atoms with Gasteiger partial charge in [0, 0.05) is 24.6 Å². The van der Waals surface area contributed by atoms with Gasteiger partial charge in [0.25, 0.3) is 0 Å². The molecule has 0 unspecified atom stereocenters. The van der Waals surface area contributed by atoms with Crippen LogP contribution in [0.25, 0.3) is 17.3 Å². The lowest BCUT2D eigenvalue weighted by molar-refractivity contribution is -0.146. The van der Waals surface area contributed by atoms with Crippen LogP contribution >= 0.6 is 0 Å². The van der Waals surface area contributed by atoms with E-state index in [1.165, 1.54) is 37.4 Å². The van der Waals surface area contributed by atoms with E-state index in [1.807, 2.05) is 27.7 Å². The van der Waals surface area contributed by atoms with Crippen LogP contribution in [0.2, 0.25) is 0 Å². The summed E-state index contributed by atoms with van der Waals surface area (Å²) in [5.74, 6) is -0.787. The van der Waals surface area contributed by atoms with Crippen LogP contribution in [-0.4, -0.2) is 66.7 Å². The minimum Gasteiger partial charge on any atom is -0.466 e. The molecule has 2 rings (SSSR count). The molecule has 0 aliphatic rings. The van der Waals surface area contributed by atoms with Crippen molar-refractivity contribution in [2.24, 2.45) is 5.92 Å². The minimum atomic E-state index is -3.65. The molecule has 38 heavy (non-hydrogen) atoms. The van der Waals surface area contributed by atoms with Crippen molar-refractivity contribution in [3.05, 3.63) is 47.4 Å². The van der Waals surface area contributed by atoms with Gasteiger partial charge < -0.3 is 14.9 Å². The van der Waals surface area contributed by atoms with Crippen LogP contribution in [0.1, 0.15) is 64.1 Å². The highest BCUT2D eigenvalue weighted by Crippen LogP contribution is 2.31. The summed E-state index contributed by atoms with van der Waals surface area (Å²) >= 11 is 0. The van der Waals surface area contributed by atoms with E-state index in [0.717, 1.165) is 17.0 Å². The summed E-state index contributed by atoms with van der Waals surface area (Å²) in [7, 11) is -2.31. The SMILES string of the molecule is CC(C)CCOC(=O)C[C@H](O)C[C@H](O)C=Cc1c(-c2ccc(F)cc2)nc(N(C)S(C)(=O)=O)nc1C(C)C. The number of nitrogens with zero attached hydrogens (tertiary/aromatic N) is 3. The largest absolute Gasteiger partial charge is 0.466 e. The first kappa shape index (κ1) is 31.3. The molecule has 1 heterocycles. The van der Waals surface area contributed by atoms with E-state index in [1.54, 1.807) is 6.08 Å². The van der Waals surface area contributed by atoms with E-state index in [2.05, 4.69) is 9.97 Å². The number of ether oxygens (including phenoxy) is 1. The fourth-order valence-electron chi connectivity index (χ4n) is 3.50. The van der Waals surface area contributed by atoms with Crippen LogP contribution in [-0.2, 0) is 19.6 Å². The monoisotopic (exact) mass is 551 g/mol. The summed E-state index contributed by atoms with van der Waals surface area (Å²) in [4.78, 5) is 20.9. The first-order chi connectivity index (χ1) is 17.7. The number of aliphatic hydroxyl groups excluding tert-OH is 2. The van der Waals surface area contributed by atoms with Crippen LogP contribution in [0.4, 0.5) is 10.3 Å². The van der Waals surface area contributed by atoms with Gasteiger partial charge in [-0.15, -0.1) is 0 Å². The van der Waals surface area contributed by atoms with E-state index in [4.69, 9.17) is 4.74 Å². The molecule has 9 nitrogen and oxygen atoms in total. The molecular weight excluding hydrogens is 513 g/mol. The molecule has 0 spiro atoms. The van der Waals surface area contributed by atoms with Crippen LogP contribution in [0.5, 0.6) is 0 Å². The molecule has 0 radical (unpaired) electrons. The van der Waals surface area contributed by atoms with Crippen molar-refractivity contribution < 1.29 is 32.6 Å². The number of carbonyl (C=O) groups is 1. The number of sulfonamides is 1. The normalized spacial score (nSPS) is 13.8. The van der Waals surface area contributed by atoms with Gasteiger partial charge in [0.15, 0.2) is 0 Å². The maximum absolute atomic E-state index is 13.6. The molecule has 0 aliphatic carbocycles. The maximum atomic E-state index is 13.6. The van der Waals surface area contributed by atoms with Gasteiger partial charge in [-0.2, -0.15) is 0 Å². The van der Waals surface area contributed by atoms with Gasteiger partial charge in [0.2, 0.25) is 16.0 Å². The minimum absolute atomic E-state index is 0.0420. The summed E-state index contributed by atoms with van der Waals surface area (Å²) in [5.41, 5.74) is 1.91. The van der Waals surface area contributed by atoms with Crippen LogP contribution in [0.15, 0.2) is 30.3 Å². The summed E-state index contributed by atoms with van der Waals surface area (Å²) in [6.45, 7) is 8.06. The van der Waals surface area contributed by atoms with E-state index in [0.29, 0.717) is 28.4 Å². The number of aromatic nitrogens is 2. The molecule has 11 heteroatoms. The number of hydrogen-bond acceptors (Lipinski definition) is 8. The van der Waals surface area contributed by atoms with Gasteiger partial charge in [0.1, 0.15) is 5.82 Å². The van der Waals surface area contributed by atoms with Crippen molar-refractivity contribution in [3.8, 4) is 11.3 Å². The number of aliphatic hydroxyl groups is 2. The smallest absolute Gasteiger partial charge is 0.308 e. The molecule has 0 saturated carbocycles. The lowest BCUT2D eigenvalue weighted by Crippen LogP contribution is -2.27. The zero-order valence-electron chi connectivity index (χ0n) is 22.8.